The maximum absolute atomic E-state index is 6.15. The summed E-state index contributed by atoms with van der Waals surface area (Å²) in [5.74, 6) is 11.3. The summed E-state index contributed by atoms with van der Waals surface area (Å²) >= 11 is 0. The van der Waals surface area contributed by atoms with E-state index >= 15 is 0 Å². The number of aryl methyl sites for hydroxylation is 2. The Labute approximate surface area is 168 Å². The van der Waals surface area contributed by atoms with Crippen molar-refractivity contribution < 1.29 is 0 Å². The molecule has 0 radical (unpaired) electrons. The van der Waals surface area contributed by atoms with Crippen molar-refractivity contribution in [1.82, 2.24) is 0 Å². The molecule has 4 nitrogen and oxygen atoms in total. The molecular formula is C22H29ClN4. The zero-order valence-corrected chi connectivity index (χ0v) is 16.9. The van der Waals surface area contributed by atoms with Gasteiger partial charge in [-0.05, 0) is 50.6 Å². The van der Waals surface area contributed by atoms with E-state index in [1.54, 1.807) is 5.01 Å². The smallest absolute Gasteiger partial charge is 0.0673 e. The summed E-state index contributed by atoms with van der Waals surface area (Å²) in [6, 6.07) is 26.6. The molecule has 0 heterocycles. The van der Waals surface area contributed by atoms with Crippen LogP contribution < -0.4 is 22.1 Å². The van der Waals surface area contributed by atoms with Crippen LogP contribution in [-0.2, 0) is 0 Å². The Morgan fingerprint density at radius 2 is 1.26 bits per heavy atom. The number of nitrogens with zero attached hydrogens (tertiary/aromatic N) is 1. The molecule has 3 aromatic carbocycles. The summed E-state index contributed by atoms with van der Waals surface area (Å²) in [5.41, 5.74) is 8.24. The lowest BCUT2D eigenvalue weighted by atomic mass is 10.1. The molecule has 144 valence electrons. The quantitative estimate of drug-likeness (QED) is 0.430. The van der Waals surface area contributed by atoms with E-state index in [0.29, 0.717) is 0 Å². The van der Waals surface area contributed by atoms with Crippen LogP contribution in [0, 0.1) is 13.8 Å². The van der Waals surface area contributed by atoms with Gasteiger partial charge in [-0.1, -0.05) is 65.7 Å². The van der Waals surface area contributed by atoms with Crippen LogP contribution >= 0.6 is 12.4 Å². The van der Waals surface area contributed by atoms with Gasteiger partial charge in [0.15, 0.2) is 0 Å². The van der Waals surface area contributed by atoms with Crippen molar-refractivity contribution in [3.05, 3.63) is 95.6 Å². The van der Waals surface area contributed by atoms with Crippen molar-refractivity contribution in [2.45, 2.75) is 26.8 Å². The minimum Gasteiger partial charge on any atom is -0.324 e. The molecule has 0 fully saturated rings. The summed E-state index contributed by atoms with van der Waals surface area (Å²) in [5, 5.41) is 1.80. The molecular weight excluding hydrogens is 356 g/mol. The predicted molar refractivity (Wildman–Crippen MR) is 119 cm³/mol. The van der Waals surface area contributed by atoms with Crippen molar-refractivity contribution in [2.75, 3.05) is 10.4 Å². The van der Waals surface area contributed by atoms with Crippen LogP contribution in [0.1, 0.15) is 29.7 Å². The highest BCUT2D eigenvalue weighted by Gasteiger charge is 2.12. The van der Waals surface area contributed by atoms with E-state index < -0.39 is 0 Å². The number of benzene rings is 3. The van der Waals surface area contributed by atoms with Crippen molar-refractivity contribution in [3.63, 3.8) is 0 Å². The second-order valence-corrected chi connectivity index (χ2v) is 6.34. The van der Waals surface area contributed by atoms with Gasteiger partial charge in [-0.25, -0.2) is 5.84 Å². The first-order valence-electron chi connectivity index (χ1n) is 8.70. The van der Waals surface area contributed by atoms with Gasteiger partial charge in [-0.3, -0.25) is 5.84 Å². The fourth-order valence-electron chi connectivity index (χ4n) is 2.48. The third-order valence-electron chi connectivity index (χ3n) is 4.25. The van der Waals surface area contributed by atoms with Crippen LogP contribution in [-0.4, -0.2) is 0 Å². The number of hydrogen-bond acceptors (Lipinski definition) is 4. The molecule has 1 atom stereocenters. The van der Waals surface area contributed by atoms with E-state index in [1.165, 1.54) is 16.7 Å². The van der Waals surface area contributed by atoms with Gasteiger partial charge in [0, 0.05) is 5.69 Å². The van der Waals surface area contributed by atoms with Crippen LogP contribution in [0.15, 0.2) is 78.9 Å². The summed E-state index contributed by atoms with van der Waals surface area (Å²) in [6.45, 7) is 6.22. The predicted octanol–water partition coefficient (Wildman–Crippen LogP) is 5.14. The lowest BCUT2D eigenvalue weighted by molar-refractivity contribution is 0.697. The second-order valence-electron chi connectivity index (χ2n) is 6.34. The standard InChI is InChI=1S/C15H18N2.C7H10N2.ClH/c1-12-8-10-15(11-9-12)17(16)13(2)14-6-4-3-5-7-14;1-6-2-4-7(9-8)5-3-6;/h3-11,13H,16H2,1-2H3;2-5,9H,8H2,1H3;1H. The highest BCUT2D eigenvalue weighted by atomic mass is 35.5. The van der Waals surface area contributed by atoms with Gasteiger partial charge in [-0.2, -0.15) is 0 Å². The Morgan fingerprint density at radius 3 is 1.74 bits per heavy atom. The zero-order valence-electron chi connectivity index (χ0n) is 16.1. The largest absolute Gasteiger partial charge is 0.324 e. The highest BCUT2D eigenvalue weighted by Crippen LogP contribution is 2.23. The van der Waals surface area contributed by atoms with E-state index in [9.17, 15) is 0 Å². The van der Waals surface area contributed by atoms with Gasteiger partial charge < -0.3 is 10.4 Å². The molecule has 3 rings (SSSR count). The first kappa shape index (κ1) is 22.5. The fourth-order valence-corrected chi connectivity index (χ4v) is 2.48. The Hall–Kier alpha value is -2.53. The fraction of sp³-hybridized carbons (Fsp3) is 0.182. The molecule has 0 saturated carbocycles. The molecule has 27 heavy (non-hydrogen) atoms. The summed E-state index contributed by atoms with van der Waals surface area (Å²) in [6.07, 6.45) is 0. The van der Waals surface area contributed by atoms with Gasteiger partial charge in [0.25, 0.3) is 0 Å². The molecule has 0 aliphatic heterocycles. The van der Waals surface area contributed by atoms with Crippen molar-refractivity contribution in [3.8, 4) is 0 Å². The van der Waals surface area contributed by atoms with Crippen LogP contribution in [0.3, 0.4) is 0 Å². The minimum absolute atomic E-state index is 0. The van der Waals surface area contributed by atoms with Gasteiger partial charge in [0.1, 0.15) is 0 Å². The van der Waals surface area contributed by atoms with E-state index in [-0.39, 0.29) is 18.4 Å². The first-order valence-corrected chi connectivity index (χ1v) is 8.70. The summed E-state index contributed by atoms with van der Waals surface area (Å²) < 4.78 is 0. The molecule has 0 aliphatic carbocycles. The SMILES string of the molecule is Cc1ccc(N(N)C(C)c2ccccc2)cc1.Cc1ccc(NN)cc1.Cl. The lowest BCUT2D eigenvalue weighted by Gasteiger charge is -2.26. The van der Waals surface area contributed by atoms with E-state index in [4.69, 9.17) is 11.7 Å². The topological polar surface area (TPSA) is 67.3 Å². The molecule has 0 aliphatic rings. The highest BCUT2D eigenvalue weighted by molar-refractivity contribution is 5.85. The normalized spacial score (nSPS) is 10.7. The number of rotatable bonds is 4. The van der Waals surface area contributed by atoms with E-state index in [0.717, 1.165) is 11.4 Å². The molecule has 0 saturated heterocycles. The Bertz CT molecular complexity index is 774. The Balaban J connectivity index is 0.000000310. The lowest BCUT2D eigenvalue weighted by Crippen LogP contribution is -2.33. The second kappa shape index (κ2) is 11.2. The Morgan fingerprint density at radius 1 is 0.778 bits per heavy atom. The number of hydrazine groups is 2. The van der Waals surface area contributed by atoms with Gasteiger partial charge in [0.2, 0.25) is 0 Å². The minimum atomic E-state index is 0. The van der Waals surface area contributed by atoms with Gasteiger partial charge in [-0.15, -0.1) is 12.4 Å². The molecule has 0 amide bonds. The van der Waals surface area contributed by atoms with Crippen molar-refractivity contribution in [1.29, 1.82) is 0 Å². The van der Waals surface area contributed by atoms with E-state index in [2.05, 4.69) is 55.7 Å². The first-order chi connectivity index (χ1) is 12.5. The van der Waals surface area contributed by atoms with Crippen molar-refractivity contribution >= 4 is 23.8 Å². The number of hydrogen-bond donors (Lipinski definition) is 3. The van der Waals surface area contributed by atoms with Crippen molar-refractivity contribution in [2.24, 2.45) is 11.7 Å². The molecule has 1 unspecified atom stereocenters. The van der Waals surface area contributed by atoms with Crippen LogP contribution in [0.5, 0.6) is 0 Å². The monoisotopic (exact) mass is 384 g/mol. The third-order valence-corrected chi connectivity index (χ3v) is 4.25. The number of halogens is 1. The van der Waals surface area contributed by atoms with Gasteiger partial charge in [0.05, 0.1) is 11.7 Å². The van der Waals surface area contributed by atoms with Crippen LogP contribution in [0.4, 0.5) is 11.4 Å². The summed E-state index contributed by atoms with van der Waals surface area (Å²) in [4.78, 5) is 0. The molecule has 0 spiro atoms. The molecule has 0 aromatic heterocycles. The maximum Gasteiger partial charge on any atom is 0.0673 e. The molecule has 0 bridgehead atoms. The third kappa shape index (κ3) is 6.94. The average Bonchev–Trinajstić information content (AvgIpc) is 2.69. The van der Waals surface area contributed by atoms with E-state index in [1.807, 2.05) is 49.4 Å². The Kier molecular flexibility index (Phi) is 9.37. The van der Waals surface area contributed by atoms with Gasteiger partial charge >= 0.3 is 0 Å². The molecule has 3 aromatic rings. The van der Waals surface area contributed by atoms with Crippen LogP contribution in [0.25, 0.3) is 0 Å². The summed E-state index contributed by atoms with van der Waals surface area (Å²) in [7, 11) is 0. The number of nitrogen functional groups attached to an aromatic ring is 1. The molecule has 5 N–H and O–H groups in total. The van der Waals surface area contributed by atoms with Crippen LogP contribution in [0.2, 0.25) is 0 Å². The maximum atomic E-state index is 6.15. The number of nitrogens with one attached hydrogen (secondary N) is 1. The number of anilines is 2. The number of nitrogens with two attached hydrogens (primary N) is 2. The molecule has 5 heteroatoms. The average molecular weight is 385 g/mol. The zero-order chi connectivity index (χ0) is 18.9.